The summed E-state index contributed by atoms with van der Waals surface area (Å²) >= 11 is 0. The number of esters is 2. The van der Waals surface area contributed by atoms with Gasteiger partial charge in [-0.3, -0.25) is 18.6 Å². The Labute approximate surface area is 374 Å². The molecular weight excluding hydrogens is 786 g/mol. The Morgan fingerprint density at radius 3 is 1.33 bits per heavy atom. The fourth-order valence-corrected chi connectivity index (χ4v) is 7.50. The maximum atomic E-state index is 12.6. The lowest BCUT2D eigenvalue weighted by atomic mass is 10.0. The summed E-state index contributed by atoms with van der Waals surface area (Å²) in [6.45, 7) is 3.64. The van der Waals surface area contributed by atoms with Crippen molar-refractivity contribution in [3.05, 3.63) is 60.8 Å². The van der Waals surface area contributed by atoms with Crippen LogP contribution in [0.15, 0.2) is 60.8 Å². The van der Waals surface area contributed by atoms with Crippen LogP contribution in [0.4, 0.5) is 0 Å². The molecule has 0 aromatic heterocycles. The van der Waals surface area contributed by atoms with Crippen LogP contribution in [0, 0.1) is 0 Å². The maximum Gasteiger partial charge on any atom is 0.472 e. The average molecular weight is 878 g/mol. The van der Waals surface area contributed by atoms with Gasteiger partial charge in [-0.15, -0.1) is 0 Å². The molecule has 0 aromatic rings. The number of carbonyl (C=O) groups is 2. The van der Waals surface area contributed by atoms with Crippen LogP contribution in [0.2, 0.25) is 0 Å². The number of unbranched alkanes of at least 4 members (excludes halogenated alkanes) is 23. The van der Waals surface area contributed by atoms with E-state index in [1.807, 2.05) is 12.2 Å². The summed E-state index contributed by atoms with van der Waals surface area (Å²) < 4.78 is 32.8. The number of nitrogens with two attached hydrogens (primary N) is 1. The highest BCUT2D eigenvalue weighted by Crippen LogP contribution is 2.43. The third kappa shape index (κ3) is 47.0. The van der Waals surface area contributed by atoms with Gasteiger partial charge in [-0.05, 0) is 51.4 Å². The van der Waals surface area contributed by atoms with Crippen LogP contribution in [0.1, 0.15) is 219 Å². The fourth-order valence-electron chi connectivity index (χ4n) is 6.74. The number of phosphoric ester groups is 1. The Kier molecular flexibility index (Phi) is 45.4. The molecule has 354 valence electrons. The normalized spacial score (nSPS) is 13.7. The van der Waals surface area contributed by atoms with Gasteiger partial charge < -0.3 is 20.1 Å². The molecule has 0 saturated heterocycles. The van der Waals surface area contributed by atoms with Crippen LogP contribution >= 0.6 is 7.82 Å². The molecule has 0 radical (unpaired) electrons. The molecule has 0 aliphatic heterocycles. The molecule has 0 spiro atoms. The lowest BCUT2D eigenvalue weighted by Gasteiger charge is -2.19. The molecule has 61 heavy (non-hydrogen) atoms. The molecule has 0 heterocycles. The van der Waals surface area contributed by atoms with Crippen molar-refractivity contribution >= 4 is 19.8 Å². The first-order chi connectivity index (χ1) is 29.8. The number of hydrogen-bond donors (Lipinski definition) is 2. The van der Waals surface area contributed by atoms with Crippen molar-refractivity contribution in [2.45, 2.75) is 225 Å². The van der Waals surface area contributed by atoms with Gasteiger partial charge in [-0.1, -0.05) is 216 Å². The molecule has 0 aliphatic rings. The SMILES string of the molecule is CCCCC/C=C/C/C=C/C/C=C/C/C=C/C/C=C/CCC(=O)O[C@H](COC(=O)CCCCCCCCCCCCCCCCCCCCCCC)COP(=O)(O)OCCN. The Balaban J connectivity index is 4.16. The number of allylic oxidation sites excluding steroid dienone is 10. The van der Waals surface area contributed by atoms with Gasteiger partial charge >= 0.3 is 19.8 Å². The smallest absolute Gasteiger partial charge is 0.462 e. The molecule has 1 unspecified atom stereocenters. The predicted molar refractivity (Wildman–Crippen MR) is 256 cm³/mol. The van der Waals surface area contributed by atoms with Gasteiger partial charge in [0, 0.05) is 19.4 Å². The number of hydrogen-bond acceptors (Lipinski definition) is 8. The second-order valence-electron chi connectivity index (χ2n) is 16.3. The van der Waals surface area contributed by atoms with Crippen molar-refractivity contribution in [2.24, 2.45) is 5.73 Å². The fraction of sp³-hybridized carbons (Fsp3) is 0.765. The van der Waals surface area contributed by atoms with Crippen LogP contribution < -0.4 is 5.73 Å². The minimum atomic E-state index is -4.40. The van der Waals surface area contributed by atoms with Gasteiger partial charge in [-0.25, -0.2) is 4.57 Å². The van der Waals surface area contributed by atoms with Gasteiger partial charge in [0.2, 0.25) is 0 Å². The van der Waals surface area contributed by atoms with Gasteiger partial charge in [0.1, 0.15) is 6.61 Å². The molecule has 10 heteroatoms. The highest BCUT2D eigenvalue weighted by Gasteiger charge is 2.25. The van der Waals surface area contributed by atoms with Gasteiger partial charge in [-0.2, -0.15) is 0 Å². The van der Waals surface area contributed by atoms with E-state index in [1.54, 1.807) is 0 Å². The second-order valence-corrected chi connectivity index (χ2v) is 17.8. The molecule has 2 atom stereocenters. The van der Waals surface area contributed by atoms with E-state index in [0.717, 1.165) is 44.9 Å². The Morgan fingerprint density at radius 1 is 0.492 bits per heavy atom. The van der Waals surface area contributed by atoms with E-state index >= 15 is 0 Å². The van der Waals surface area contributed by atoms with Gasteiger partial charge in [0.25, 0.3) is 0 Å². The average Bonchev–Trinajstić information content (AvgIpc) is 3.25. The maximum absolute atomic E-state index is 12.6. The number of rotatable bonds is 46. The van der Waals surface area contributed by atoms with Crippen LogP contribution in [-0.4, -0.2) is 49.3 Å². The summed E-state index contributed by atoms with van der Waals surface area (Å²) in [5, 5.41) is 0. The Morgan fingerprint density at radius 2 is 0.885 bits per heavy atom. The van der Waals surface area contributed by atoms with Crippen LogP contribution in [0.5, 0.6) is 0 Å². The van der Waals surface area contributed by atoms with E-state index in [9.17, 15) is 19.0 Å². The Bertz CT molecular complexity index is 1180. The topological polar surface area (TPSA) is 134 Å². The summed E-state index contributed by atoms with van der Waals surface area (Å²) in [5.74, 6) is -0.919. The van der Waals surface area contributed by atoms with Crippen molar-refractivity contribution in [1.29, 1.82) is 0 Å². The molecule has 0 saturated carbocycles. The number of phosphoric acid groups is 1. The minimum Gasteiger partial charge on any atom is -0.462 e. The third-order valence-corrected chi connectivity index (χ3v) is 11.4. The van der Waals surface area contributed by atoms with E-state index in [4.69, 9.17) is 24.3 Å². The highest BCUT2D eigenvalue weighted by atomic mass is 31.2. The first kappa shape index (κ1) is 58.7. The van der Waals surface area contributed by atoms with Gasteiger partial charge in [0.05, 0.1) is 13.2 Å². The number of ether oxygens (including phenoxy) is 2. The Hall–Kier alpha value is -2.29. The summed E-state index contributed by atoms with van der Waals surface area (Å²) in [6, 6.07) is 0. The predicted octanol–water partition coefficient (Wildman–Crippen LogP) is 14.8. The molecule has 3 N–H and O–H groups in total. The molecule has 9 nitrogen and oxygen atoms in total. The van der Waals surface area contributed by atoms with E-state index in [2.05, 4.69) is 62.5 Å². The minimum absolute atomic E-state index is 0.0411. The standard InChI is InChI=1S/C51H92NO8P/c1-3-5-7-9-11-13-15-17-19-21-23-24-26-27-29-31-33-35-37-39-41-43-50(53)57-47-49(48-59-61(55,56)58-46-45-52)60-51(54)44-42-40-38-36-34-32-30-28-25-22-20-18-16-14-12-10-8-6-4-2/h12,14,18,20,25,28,32,34,38,40,49H,3-11,13,15-17,19,21-24,26-27,29-31,33,35-37,39,41-48,52H2,1-2H3,(H,55,56)/b14-12+,20-18+,28-25+,34-32+,40-38+/t49-/m1/s1. The van der Waals surface area contributed by atoms with Crippen molar-refractivity contribution in [3.8, 4) is 0 Å². The van der Waals surface area contributed by atoms with Crippen molar-refractivity contribution in [3.63, 3.8) is 0 Å². The summed E-state index contributed by atoms with van der Waals surface area (Å²) in [4.78, 5) is 35.0. The molecule has 0 aromatic carbocycles. The van der Waals surface area contributed by atoms with Crippen LogP contribution in [0.3, 0.4) is 0 Å². The van der Waals surface area contributed by atoms with Crippen LogP contribution in [0.25, 0.3) is 0 Å². The zero-order valence-electron chi connectivity index (χ0n) is 39.1. The molecule has 0 fully saturated rings. The summed E-state index contributed by atoms with van der Waals surface area (Å²) in [7, 11) is -4.40. The zero-order chi connectivity index (χ0) is 44.6. The van der Waals surface area contributed by atoms with Crippen LogP contribution in [-0.2, 0) is 32.7 Å². The summed E-state index contributed by atoms with van der Waals surface area (Å²) in [5.41, 5.74) is 5.36. The monoisotopic (exact) mass is 878 g/mol. The number of carbonyl (C=O) groups excluding carboxylic acids is 2. The molecule has 0 aliphatic carbocycles. The van der Waals surface area contributed by atoms with E-state index in [-0.39, 0.29) is 32.6 Å². The van der Waals surface area contributed by atoms with E-state index in [0.29, 0.717) is 6.42 Å². The third-order valence-electron chi connectivity index (χ3n) is 10.4. The largest absolute Gasteiger partial charge is 0.472 e. The summed E-state index contributed by atoms with van der Waals surface area (Å²) in [6.07, 6.45) is 57.0. The lowest BCUT2D eigenvalue weighted by Crippen LogP contribution is -2.29. The highest BCUT2D eigenvalue weighted by molar-refractivity contribution is 7.47. The molecular formula is C51H92NO8P. The van der Waals surface area contributed by atoms with Crippen molar-refractivity contribution in [1.82, 2.24) is 0 Å². The zero-order valence-corrected chi connectivity index (χ0v) is 40.0. The van der Waals surface area contributed by atoms with E-state index in [1.165, 1.54) is 141 Å². The first-order valence-electron chi connectivity index (χ1n) is 24.8. The lowest BCUT2D eigenvalue weighted by molar-refractivity contribution is -0.161. The first-order valence-corrected chi connectivity index (χ1v) is 26.3. The quantitative estimate of drug-likeness (QED) is 0.0265. The van der Waals surface area contributed by atoms with E-state index < -0.39 is 32.5 Å². The second kappa shape index (κ2) is 47.2. The van der Waals surface area contributed by atoms with Gasteiger partial charge in [0.15, 0.2) is 6.10 Å². The van der Waals surface area contributed by atoms with Crippen molar-refractivity contribution < 1.29 is 37.6 Å². The van der Waals surface area contributed by atoms with Crippen molar-refractivity contribution in [2.75, 3.05) is 26.4 Å². The molecule has 0 rings (SSSR count). The molecule has 0 amide bonds. The molecule has 0 bridgehead atoms.